The monoisotopic (exact) mass is 992 g/mol. The zero-order chi connectivity index (χ0) is 51.6. The van der Waals surface area contributed by atoms with Gasteiger partial charge in [0.05, 0.1) is 42.3 Å². The van der Waals surface area contributed by atoms with Gasteiger partial charge < -0.3 is 38.8 Å². The van der Waals surface area contributed by atoms with E-state index < -0.39 is 41.0 Å². The van der Waals surface area contributed by atoms with Gasteiger partial charge in [0, 0.05) is 94.6 Å². The standard InChI is InChI=1S/C55H77N9O8/c1-11-46(65)62-30-36(5)72-55(33-62)21-26-61(27-22-55)53(69)59(9)48(35(3)4)50(66)57-44-32-60-24-14-16-39(31-60)38-19-20-45-41(28-38)42(49(63(45)12-2)40-17-13-23-56-47(40)37(6)70-10)29-54(7,8)34-71-52(68)43-18-15-25-64(58-43)51(44)67/h11,13,16-17,19-20,23,28,35-37,43-44,48,58H,1,12,14-15,18,21-22,24-27,29-34H2,2-10H3,(H,57,66)/t36-,37+,43+,44+,48+/m1/s1. The molecular weight excluding hydrogens is 915 g/mol. The Balaban J connectivity index is 1.08. The first-order valence-electron chi connectivity index (χ1n) is 26.1. The van der Waals surface area contributed by atoms with Crippen LogP contribution in [-0.2, 0) is 46.4 Å². The lowest BCUT2D eigenvalue weighted by Crippen LogP contribution is -2.64. The highest BCUT2D eigenvalue weighted by molar-refractivity contribution is 5.95. The quantitative estimate of drug-likeness (QED) is 0.191. The predicted octanol–water partition coefficient (Wildman–Crippen LogP) is 5.97. The average Bonchev–Trinajstić information content (AvgIpc) is 3.67. The maximum atomic E-state index is 14.9. The van der Waals surface area contributed by atoms with Crippen molar-refractivity contribution < 1.29 is 38.2 Å². The summed E-state index contributed by atoms with van der Waals surface area (Å²) in [6.45, 7) is 22.1. The number of hydrazine groups is 1. The normalized spacial score (nSPS) is 24.5. The van der Waals surface area contributed by atoms with Gasteiger partial charge in [0.25, 0.3) is 5.91 Å². The van der Waals surface area contributed by atoms with E-state index in [9.17, 15) is 24.0 Å². The summed E-state index contributed by atoms with van der Waals surface area (Å²) >= 11 is 0. The van der Waals surface area contributed by atoms with Gasteiger partial charge in [-0.25, -0.2) is 10.2 Å². The van der Waals surface area contributed by atoms with Crippen molar-refractivity contribution in [2.24, 2.45) is 11.3 Å². The van der Waals surface area contributed by atoms with Gasteiger partial charge in [-0.3, -0.25) is 34.1 Å². The highest BCUT2D eigenvalue weighted by Gasteiger charge is 2.45. The van der Waals surface area contributed by atoms with Crippen molar-refractivity contribution in [3.05, 3.63) is 72.1 Å². The number of fused-ring (bicyclic) bond motifs is 6. The number of hydrogen-bond acceptors (Lipinski definition) is 11. The predicted molar refractivity (Wildman–Crippen MR) is 276 cm³/mol. The number of likely N-dealkylation sites (tertiary alicyclic amines) is 1. The molecule has 5 amide bonds. The van der Waals surface area contributed by atoms with E-state index in [1.807, 2.05) is 33.8 Å². The number of nitrogens with zero attached hydrogens (tertiary/aromatic N) is 7. The van der Waals surface area contributed by atoms with Gasteiger partial charge in [-0.1, -0.05) is 46.4 Å². The topological polar surface area (TPSA) is 171 Å². The number of aromatic nitrogens is 2. The number of pyridine rings is 1. The molecule has 1 spiro atoms. The van der Waals surface area contributed by atoms with E-state index in [-0.39, 0.29) is 49.1 Å². The third-order valence-electron chi connectivity index (χ3n) is 15.4. The Labute approximate surface area is 425 Å². The first kappa shape index (κ1) is 52.7. The number of cyclic esters (lactones) is 1. The minimum atomic E-state index is -1.01. The van der Waals surface area contributed by atoms with E-state index in [1.165, 1.54) is 16.0 Å². The molecule has 5 aliphatic heterocycles. The Morgan fingerprint density at radius 1 is 1.07 bits per heavy atom. The number of aryl methyl sites for hydroxylation is 1. The molecule has 6 bridgehead atoms. The highest BCUT2D eigenvalue weighted by atomic mass is 16.5. The molecule has 17 nitrogen and oxygen atoms in total. The number of esters is 1. The fourth-order valence-corrected chi connectivity index (χ4v) is 11.7. The smallest absolute Gasteiger partial charge is 0.324 e. The van der Waals surface area contributed by atoms with Crippen molar-refractivity contribution in [1.82, 2.24) is 44.9 Å². The minimum absolute atomic E-state index is 0.136. The van der Waals surface area contributed by atoms with Crippen molar-refractivity contribution >= 4 is 46.2 Å². The summed E-state index contributed by atoms with van der Waals surface area (Å²) in [7, 11) is 3.34. The SMILES string of the molecule is C=CC(=O)N1C[C@@H](C)OC2(CCN(C(=O)N(C)[C@H](C(=O)N[C@H]3CN4CCC=C(C4)c4ccc5c(c4)c(c(-c4cccnc4[C@H](C)OC)n5CC)CC(C)(C)COC(=O)[C@@H]4CCCN(N4)C3=O)C(C)C)CC2)C1. The summed E-state index contributed by atoms with van der Waals surface area (Å²) < 4.78 is 20.8. The molecule has 2 N–H and O–H groups in total. The second kappa shape index (κ2) is 21.8. The van der Waals surface area contributed by atoms with Crippen LogP contribution >= 0.6 is 0 Å². The van der Waals surface area contributed by atoms with Gasteiger partial charge in [0.2, 0.25) is 11.8 Å². The maximum Gasteiger partial charge on any atom is 0.324 e. The molecule has 5 aliphatic rings. The molecule has 7 heterocycles. The maximum absolute atomic E-state index is 14.9. The summed E-state index contributed by atoms with van der Waals surface area (Å²) in [6, 6.07) is 7.77. The van der Waals surface area contributed by atoms with Gasteiger partial charge in [-0.15, -0.1) is 0 Å². The number of urea groups is 1. The first-order valence-corrected chi connectivity index (χ1v) is 26.1. The van der Waals surface area contributed by atoms with E-state index in [0.717, 1.165) is 51.0 Å². The number of amides is 5. The Morgan fingerprint density at radius 3 is 2.54 bits per heavy atom. The number of nitrogens with one attached hydrogen (secondary N) is 2. The lowest BCUT2D eigenvalue weighted by molar-refractivity contribution is -0.175. The van der Waals surface area contributed by atoms with Crippen LogP contribution in [0.15, 0.2) is 55.3 Å². The first-order chi connectivity index (χ1) is 34.4. The number of ether oxygens (including phenoxy) is 3. The van der Waals surface area contributed by atoms with Gasteiger partial charge in [0.15, 0.2) is 0 Å². The van der Waals surface area contributed by atoms with Crippen LogP contribution in [0.5, 0.6) is 0 Å². The van der Waals surface area contributed by atoms with E-state index in [1.54, 1.807) is 30.2 Å². The lowest BCUT2D eigenvalue weighted by Gasteiger charge is -2.49. The molecule has 0 radical (unpaired) electrons. The molecule has 1 unspecified atom stereocenters. The summed E-state index contributed by atoms with van der Waals surface area (Å²) in [5.74, 6) is -1.68. The number of piperidine rings is 1. The van der Waals surface area contributed by atoms with E-state index in [2.05, 4.69) is 77.9 Å². The summed E-state index contributed by atoms with van der Waals surface area (Å²) in [5.41, 5.74) is 9.48. The molecule has 8 rings (SSSR count). The van der Waals surface area contributed by atoms with Crippen LogP contribution in [-0.4, -0.2) is 167 Å². The molecule has 3 aromatic rings. The van der Waals surface area contributed by atoms with Gasteiger partial charge in [-0.2, -0.15) is 0 Å². The molecular formula is C55H77N9O8. The fraction of sp³-hybridized carbons (Fsp3) is 0.600. The summed E-state index contributed by atoms with van der Waals surface area (Å²) in [4.78, 5) is 82.6. The Bertz CT molecular complexity index is 2560. The summed E-state index contributed by atoms with van der Waals surface area (Å²) in [6.07, 6.45) is 8.47. The van der Waals surface area contributed by atoms with Crippen LogP contribution in [0.3, 0.4) is 0 Å². The number of carbonyl (C=O) groups excluding carboxylic acids is 5. The van der Waals surface area contributed by atoms with Crippen molar-refractivity contribution in [2.75, 3.05) is 73.1 Å². The third-order valence-corrected chi connectivity index (χ3v) is 15.4. The molecule has 0 aliphatic carbocycles. The highest BCUT2D eigenvalue weighted by Crippen LogP contribution is 2.42. The van der Waals surface area contributed by atoms with Gasteiger partial charge in [-0.05, 0) is 112 Å². The molecule has 6 atom stereocenters. The Morgan fingerprint density at radius 2 is 1.83 bits per heavy atom. The number of morpholine rings is 1. The van der Waals surface area contributed by atoms with Crippen molar-refractivity contribution in [3.63, 3.8) is 0 Å². The van der Waals surface area contributed by atoms with E-state index in [0.29, 0.717) is 84.5 Å². The van der Waals surface area contributed by atoms with Crippen LogP contribution in [0.2, 0.25) is 0 Å². The largest absolute Gasteiger partial charge is 0.464 e. The summed E-state index contributed by atoms with van der Waals surface area (Å²) in [5, 5.41) is 5.72. The van der Waals surface area contributed by atoms with Crippen molar-refractivity contribution in [1.29, 1.82) is 0 Å². The molecule has 1 aromatic carbocycles. The van der Waals surface area contributed by atoms with Gasteiger partial charge >= 0.3 is 12.0 Å². The van der Waals surface area contributed by atoms with Crippen LogP contribution in [0.1, 0.15) is 103 Å². The molecule has 17 heteroatoms. The third kappa shape index (κ3) is 11.0. The Kier molecular flexibility index (Phi) is 16.0. The molecule has 3 saturated heterocycles. The molecule has 3 fully saturated rings. The second-order valence-corrected chi connectivity index (χ2v) is 21.8. The van der Waals surface area contributed by atoms with Crippen molar-refractivity contribution in [2.45, 2.75) is 129 Å². The van der Waals surface area contributed by atoms with Crippen LogP contribution in [0, 0.1) is 11.3 Å². The van der Waals surface area contributed by atoms with Crippen LogP contribution in [0.4, 0.5) is 4.79 Å². The lowest BCUT2D eigenvalue weighted by atomic mass is 9.84. The number of methoxy groups -OCH3 is 1. The number of carbonyl (C=O) groups is 5. The van der Waals surface area contributed by atoms with Crippen LogP contribution < -0.4 is 10.7 Å². The molecule has 72 heavy (non-hydrogen) atoms. The molecule has 390 valence electrons. The van der Waals surface area contributed by atoms with Crippen LogP contribution in [0.25, 0.3) is 27.7 Å². The minimum Gasteiger partial charge on any atom is -0.464 e. The number of rotatable bonds is 9. The zero-order valence-electron chi connectivity index (χ0n) is 44.0. The molecule has 0 saturated carbocycles. The number of likely N-dealkylation sites (N-methyl/N-ethyl adjacent to an activating group) is 1. The molecule has 2 aromatic heterocycles. The van der Waals surface area contributed by atoms with E-state index in [4.69, 9.17) is 19.2 Å². The van der Waals surface area contributed by atoms with E-state index >= 15 is 0 Å². The Hall–Kier alpha value is -5.62. The number of hydrogen-bond donors (Lipinski definition) is 2. The van der Waals surface area contributed by atoms with Crippen molar-refractivity contribution in [3.8, 4) is 11.3 Å². The zero-order valence-corrected chi connectivity index (χ0v) is 44.0. The van der Waals surface area contributed by atoms with Gasteiger partial charge in [0.1, 0.15) is 18.1 Å². The average molecular weight is 992 g/mol. The second-order valence-electron chi connectivity index (χ2n) is 21.8. The fourth-order valence-electron chi connectivity index (χ4n) is 11.7. The number of benzene rings is 1.